The summed E-state index contributed by atoms with van der Waals surface area (Å²) >= 11 is 0. The molecule has 0 saturated heterocycles. The third-order valence-electron chi connectivity index (χ3n) is 13.1. The van der Waals surface area contributed by atoms with Gasteiger partial charge in [0.05, 0.1) is 63.9 Å². The number of aromatic nitrogens is 4. The molecule has 18 heteroatoms. The lowest BCUT2D eigenvalue weighted by Crippen LogP contribution is -2.53. The molecule has 1 atom stereocenters. The van der Waals surface area contributed by atoms with Crippen LogP contribution in [0.5, 0.6) is 23.0 Å². The molecule has 8 rings (SSSR count). The minimum Gasteiger partial charge on any atom is -0.493 e. The summed E-state index contributed by atoms with van der Waals surface area (Å²) in [5.41, 5.74) is 23.6. The second-order valence-corrected chi connectivity index (χ2v) is 17.9. The highest BCUT2D eigenvalue weighted by Crippen LogP contribution is 2.42. The zero-order chi connectivity index (χ0) is 50.3. The lowest BCUT2D eigenvalue weighted by Gasteiger charge is -2.32. The van der Waals surface area contributed by atoms with E-state index in [1.807, 2.05) is 90.1 Å². The second kappa shape index (κ2) is 19.6. The first-order valence-corrected chi connectivity index (χ1v) is 23.0. The number of ether oxygens (including phenoxy) is 4. The van der Waals surface area contributed by atoms with Gasteiger partial charge in [-0.05, 0) is 112 Å². The third kappa shape index (κ3) is 8.85. The molecule has 0 bridgehead atoms. The fourth-order valence-electron chi connectivity index (χ4n) is 10.0. The molecule has 6 aromatic rings. The number of methoxy groups -OCH3 is 4. The number of carbonyl (C=O) groups is 2. The highest BCUT2D eigenvalue weighted by molar-refractivity contribution is 5.95. The number of aryl methyl sites for hydroxylation is 8. The van der Waals surface area contributed by atoms with Crippen LogP contribution in [0.2, 0.25) is 0 Å². The van der Waals surface area contributed by atoms with E-state index >= 15 is 9.59 Å². The number of hydrogen-bond donors (Lipinski definition) is 3. The van der Waals surface area contributed by atoms with E-state index in [0.717, 1.165) is 50.1 Å². The molecule has 0 radical (unpaired) electrons. The number of nitrogens with one attached hydrogen (secondary N) is 1. The van der Waals surface area contributed by atoms with E-state index in [-0.39, 0.29) is 43.0 Å². The zero-order valence-corrected chi connectivity index (χ0v) is 41.4. The molecule has 2 aliphatic rings. The molecule has 0 unspecified atom stereocenters. The Bertz CT molecular complexity index is 3330. The Hall–Kier alpha value is -7.86. The van der Waals surface area contributed by atoms with E-state index in [1.54, 1.807) is 41.1 Å². The van der Waals surface area contributed by atoms with E-state index in [2.05, 4.69) is 5.32 Å². The van der Waals surface area contributed by atoms with Crippen LogP contribution in [0, 0.1) is 41.5 Å². The second-order valence-electron chi connectivity index (χ2n) is 17.9. The van der Waals surface area contributed by atoms with Crippen molar-refractivity contribution in [3.05, 3.63) is 131 Å². The van der Waals surface area contributed by atoms with Crippen LogP contribution in [-0.2, 0) is 43.8 Å². The van der Waals surface area contributed by atoms with E-state index in [9.17, 15) is 9.59 Å². The molecule has 4 aromatic carbocycles. The van der Waals surface area contributed by atoms with E-state index in [0.29, 0.717) is 82.6 Å². The van der Waals surface area contributed by atoms with Gasteiger partial charge in [-0.3, -0.25) is 28.0 Å². The molecule has 0 saturated carbocycles. The quantitative estimate of drug-likeness (QED) is 0.0985. The van der Waals surface area contributed by atoms with Crippen LogP contribution in [0.1, 0.15) is 44.5 Å². The molecule has 4 heterocycles. The molecule has 0 spiro atoms. The molecule has 0 fully saturated rings. The lowest BCUT2D eigenvalue weighted by molar-refractivity contribution is -0.110. The molecule has 3 amide bonds. The summed E-state index contributed by atoms with van der Waals surface area (Å²) in [6.07, 6.45) is 0.371. The van der Waals surface area contributed by atoms with Crippen LogP contribution in [0.25, 0.3) is 22.5 Å². The number of nitrogens with two attached hydrogens (primary N) is 2. The minimum absolute atomic E-state index is 0.0554. The Balaban J connectivity index is 1.44. The Morgan fingerprint density at radius 2 is 1.19 bits per heavy atom. The first-order valence-electron chi connectivity index (χ1n) is 23.0. The SMILES string of the molecule is COc1cc2c(cc1OC)-c1cc(=Nc3c(C)cc(C)cc3C)n(CCN(C(N)=O)c3c4n(c(=O)n(C[C@H](N)NC=O)c3=Nc3c(C)cc(C)cc3C)CCc3cc(OC)c(OC)cc3-4)c(=O)n1CC2. The number of carbonyl (C=O) groups excluding carboxylic acids is 2. The van der Waals surface area contributed by atoms with Crippen molar-refractivity contribution in [1.29, 1.82) is 0 Å². The van der Waals surface area contributed by atoms with Crippen LogP contribution in [0.15, 0.2) is 74.2 Å². The van der Waals surface area contributed by atoms with E-state index < -0.39 is 17.9 Å². The summed E-state index contributed by atoms with van der Waals surface area (Å²) in [6.45, 7) is 11.8. The number of primary amides is 1. The van der Waals surface area contributed by atoms with Crippen molar-refractivity contribution in [2.45, 2.75) is 86.7 Å². The molecule has 18 nitrogen and oxygen atoms in total. The Morgan fingerprint density at radius 1 is 0.700 bits per heavy atom. The summed E-state index contributed by atoms with van der Waals surface area (Å²) in [5.74, 6) is 1.97. The van der Waals surface area contributed by atoms with Crippen molar-refractivity contribution in [2.75, 3.05) is 39.9 Å². The van der Waals surface area contributed by atoms with Gasteiger partial charge in [0.25, 0.3) is 0 Å². The third-order valence-corrected chi connectivity index (χ3v) is 13.1. The summed E-state index contributed by atoms with van der Waals surface area (Å²) < 4.78 is 29.0. The van der Waals surface area contributed by atoms with E-state index in [4.69, 9.17) is 40.4 Å². The summed E-state index contributed by atoms with van der Waals surface area (Å²) in [7, 11) is 6.22. The van der Waals surface area contributed by atoms with Gasteiger partial charge in [0.2, 0.25) is 6.41 Å². The molecule has 2 aromatic heterocycles. The van der Waals surface area contributed by atoms with Crippen LogP contribution < -0.4 is 63.0 Å². The smallest absolute Gasteiger partial charge is 0.330 e. The number of hydrogen-bond acceptors (Lipinski definition) is 11. The average Bonchev–Trinajstić information content (AvgIpc) is 3.32. The van der Waals surface area contributed by atoms with Crippen LogP contribution >= 0.6 is 0 Å². The van der Waals surface area contributed by atoms with Gasteiger partial charge >= 0.3 is 17.4 Å². The molecular formula is C52H60N10O8. The van der Waals surface area contributed by atoms with Gasteiger partial charge in [-0.2, -0.15) is 0 Å². The van der Waals surface area contributed by atoms with Gasteiger partial charge < -0.3 is 35.7 Å². The van der Waals surface area contributed by atoms with Gasteiger partial charge in [-0.1, -0.05) is 35.4 Å². The molecular weight excluding hydrogens is 893 g/mol. The Morgan fingerprint density at radius 3 is 1.71 bits per heavy atom. The van der Waals surface area contributed by atoms with Crippen molar-refractivity contribution in [3.63, 3.8) is 0 Å². The number of amides is 3. The Kier molecular flexibility index (Phi) is 13.6. The monoisotopic (exact) mass is 952 g/mol. The molecule has 366 valence electrons. The van der Waals surface area contributed by atoms with Crippen molar-refractivity contribution in [3.8, 4) is 45.5 Å². The minimum atomic E-state index is -1.03. The molecule has 0 aliphatic carbocycles. The first kappa shape index (κ1) is 48.6. The van der Waals surface area contributed by atoms with Crippen LogP contribution in [-0.4, -0.2) is 71.9 Å². The van der Waals surface area contributed by atoms with Gasteiger partial charge in [0.1, 0.15) is 11.2 Å². The van der Waals surface area contributed by atoms with Crippen molar-refractivity contribution < 1.29 is 28.5 Å². The molecule has 5 N–H and O–H groups in total. The highest BCUT2D eigenvalue weighted by atomic mass is 16.5. The number of rotatable bonds is 14. The summed E-state index contributed by atoms with van der Waals surface area (Å²) in [5, 5.41) is 2.56. The summed E-state index contributed by atoms with van der Waals surface area (Å²) in [4.78, 5) is 68.3. The predicted molar refractivity (Wildman–Crippen MR) is 268 cm³/mol. The Labute approximate surface area is 405 Å². The maximum atomic E-state index is 15.2. The van der Waals surface area contributed by atoms with Crippen molar-refractivity contribution >= 4 is 29.5 Å². The van der Waals surface area contributed by atoms with E-state index in [1.165, 1.54) is 16.6 Å². The standard InChI is InChI=1S/C52H60N10O8/c1-28-17-30(3)45(31(4)18-28)56-44-25-38-36-23-41(69-9)39(67-7)21-34(36)11-13-58(38)51(65)59(44)15-16-60(50(54)64)48-47-37-24-42(70-10)40(68-8)22-35(37)12-14-61(47)52(66)62(26-43(53)55-27-63)49(48)57-46-32(5)19-29(2)20-33(46)6/h17-25,27,43H,11-16,26,53H2,1-10H3,(H2,54,64)(H,55,63)/t43-/m1/s1. The van der Waals surface area contributed by atoms with Crippen molar-refractivity contribution in [2.24, 2.45) is 21.5 Å². The van der Waals surface area contributed by atoms with Gasteiger partial charge in [0.15, 0.2) is 28.5 Å². The first-order chi connectivity index (χ1) is 33.5. The van der Waals surface area contributed by atoms with Gasteiger partial charge in [-0.25, -0.2) is 24.4 Å². The van der Waals surface area contributed by atoms with Crippen LogP contribution in [0.3, 0.4) is 0 Å². The number of nitrogens with zero attached hydrogens (tertiary/aromatic N) is 7. The number of anilines is 1. The number of benzene rings is 4. The predicted octanol–water partition coefficient (Wildman–Crippen LogP) is 5.03. The maximum absolute atomic E-state index is 15.2. The average molecular weight is 953 g/mol. The molecule has 70 heavy (non-hydrogen) atoms. The fraction of sp³-hybridized carbons (Fsp3) is 0.346. The van der Waals surface area contributed by atoms with Crippen LogP contribution in [0.4, 0.5) is 21.9 Å². The van der Waals surface area contributed by atoms with Gasteiger partial charge in [-0.15, -0.1) is 0 Å². The largest absolute Gasteiger partial charge is 0.493 e. The summed E-state index contributed by atoms with van der Waals surface area (Å²) in [6, 6.07) is 16.5. The highest BCUT2D eigenvalue weighted by Gasteiger charge is 2.32. The fourth-order valence-corrected chi connectivity index (χ4v) is 10.0. The number of urea groups is 1. The number of fused-ring (bicyclic) bond motifs is 6. The zero-order valence-electron chi connectivity index (χ0n) is 41.4. The van der Waals surface area contributed by atoms with Gasteiger partial charge in [0, 0.05) is 43.4 Å². The maximum Gasteiger partial charge on any atom is 0.330 e. The lowest BCUT2D eigenvalue weighted by atomic mass is 9.95. The topological polar surface area (TPSA) is 217 Å². The molecule has 2 aliphatic heterocycles. The normalized spacial score (nSPS) is 13.4. The van der Waals surface area contributed by atoms with Crippen molar-refractivity contribution in [1.82, 2.24) is 23.6 Å².